The van der Waals surface area contributed by atoms with Crippen molar-refractivity contribution in [2.75, 3.05) is 13.2 Å². The fourth-order valence-corrected chi connectivity index (χ4v) is 9.85. The summed E-state index contributed by atoms with van der Waals surface area (Å²) in [7, 11) is 0. The Hall–Kier alpha value is -1.66. The minimum Gasteiger partial charge on any atom is -0.466 e. The fraction of sp³-hybridized carbons (Fsp3) is 0.906. The summed E-state index contributed by atoms with van der Waals surface area (Å²) in [6.45, 7) is 4.86. The topological polar surface area (TPSA) is 95.9 Å². The number of aliphatic hydroxyl groups is 2. The van der Waals surface area contributed by atoms with E-state index in [-0.39, 0.29) is 18.5 Å². The highest BCUT2D eigenvalue weighted by Gasteiger charge is 2.18. The molecule has 0 saturated heterocycles. The Morgan fingerprint density at radius 3 is 1.06 bits per heavy atom. The molecule has 70 heavy (non-hydrogen) atoms. The summed E-state index contributed by atoms with van der Waals surface area (Å²) in [6.07, 6.45) is 74.0. The van der Waals surface area contributed by atoms with Crippen molar-refractivity contribution >= 4 is 11.9 Å². The molecule has 0 saturated carbocycles. The number of hydrogen-bond acceptors (Lipinski definition) is 5. The number of amides is 1. The molecule has 0 aliphatic carbocycles. The van der Waals surface area contributed by atoms with Gasteiger partial charge in [-0.2, -0.15) is 0 Å². The lowest BCUT2D eigenvalue weighted by Gasteiger charge is -2.20. The SMILES string of the molecule is CCCC/C=C\CCCCCCCC(=O)OCCCCCCCCCCCCCCCCCCCCCCCCCCCCCCCCCCCC(=O)NC(CO)C(O)/C=C/CCCCCCCCC. The van der Waals surface area contributed by atoms with Crippen LogP contribution in [-0.2, 0) is 14.3 Å². The van der Waals surface area contributed by atoms with E-state index in [1.54, 1.807) is 6.08 Å². The Morgan fingerprint density at radius 1 is 0.386 bits per heavy atom. The van der Waals surface area contributed by atoms with Crippen LogP contribution in [0.2, 0.25) is 0 Å². The number of unbranched alkanes of at least 4 members (excludes halogenated alkanes) is 46. The van der Waals surface area contributed by atoms with Gasteiger partial charge in [0.25, 0.3) is 0 Å². The standard InChI is InChI=1S/C64H123NO5/c1-3-5-7-9-11-13-37-42-46-50-54-58-64(69)70-59-55-51-47-43-39-36-34-32-30-28-26-24-22-20-18-16-14-15-17-19-21-23-25-27-29-31-33-35-38-41-45-49-53-57-63(68)65-61(60-66)62(67)56-52-48-44-40-12-10-8-6-4-2/h9,11,52,56,61-62,66-67H,3-8,10,12-51,53-55,57-60H2,1-2H3,(H,65,68)/b11-9-,56-52+. The van der Waals surface area contributed by atoms with Gasteiger partial charge in [-0.15, -0.1) is 0 Å². The second-order valence-corrected chi connectivity index (χ2v) is 21.7. The Kier molecular flexibility index (Phi) is 58.5. The number of nitrogens with one attached hydrogen (secondary N) is 1. The number of hydrogen-bond donors (Lipinski definition) is 3. The van der Waals surface area contributed by atoms with E-state index in [0.717, 1.165) is 44.9 Å². The minimum absolute atomic E-state index is 0.0103. The van der Waals surface area contributed by atoms with Gasteiger partial charge in [-0.25, -0.2) is 0 Å². The molecule has 0 heterocycles. The van der Waals surface area contributed by atoms with Crippen molar-refractivity contribution in [3.63, 3.8) is 0 Å². The van der Waals surface area contributed by atoms with E-state index in [9.17, 15) is 19.8 Å². The van der Waals surface area contributed by atoms with Gasteiger partial charge in [0, 0.05) is 12.8 Å². The van der Waals surface area contributed by atoms with Gasteiger partial charge in [0.15, 0.2) is 0 Å². The molecule has 6 nitrogen and oxygen atoms in total. The summed E-state index contributed by atoms with van der Waals surface area (Å²) >= 11 is 0. The summed E-state index contributed by atoms with van der Waals surface area (Å²) in [4.78, 5) is 24.4. The number of aliphatic hydroxyl groups excluding tert-OH is 2. The van der Waals surface area contributed by atoms with Crippen LogP contribution in [-0.4, -0.2) is 47.4 Å². The zero-order chi connectivity index (χ0) is 50.7. The molecule has 0 rings (SSSR count). The minimum atomic E-state index is -0.838. The van der Waals surface area contributed by atoms with Crippen LogP contribution in [0.3, 0.4) is 0 Å². The van der Waals surface area contributed by atoms with E-state index in [0.29, 0.717) is 19.4 Å². The van der Waals surface area contributed by atoms with Gasteiger partial charge in [0.05, 0.1) is 25.4 Å². The number of carbonyl (C=O) groups excluding carboxylic acids is 2. The maximum absolute atomic E-state index is 12.4. The lowest BCUT2D eigenvalue weighted by molar-refractivity contribution is -0.143. The normalized spacial score (nSPS) is 12.7. The maximum atomic E-state index is 12.4. The van der Waals surface area contributed by atoms with E-state index in [1.807, 2.05) is 6.08 Å². The van der Waals surface area contributed by atoms with Crippen molar-refractivity contribution in [1.29, 1.82) is 0 Å². The average Bonchev–Trinajstić information content (AvgIpc) is 3.36. The maximum Gasteiger partial charge on any atom is 0.305 e. The van der Waals surface area contributed by atoms with Crippen LogP contribution < -0.4 is 5.32 Å². The molecule has 0 spiro atoms. The number of ether oxygens (including phenoxy) is 1. The highest BCUT2D eigenvalue weighted by molar-refractivity contribution is 5.76. The van der Waals surface area contributed by atoms with Gasteiger partial charge in [-0.05, 0) is 51.4 Å². The van der Waals surface area contributed by atoms with Crippen molar-refractivity contribution in [3.05, 3.63) is 24.3 Å². The molecule has 0 bridgehead atoms. The molecule has 2 unspecified atom stereocenters. The van der Waals surface area contributed by atoms with Crippen LogP contribution in [0.25, 0.3) is 0 Å². The third-order valence-corrected chi connectivity index (χ3v) is 14.7. The first-order chi connectivity index (χ1) is 34.5. The highest BCUT2D eigenvalue weighted by atomic mass is 16.5. The molecule has 0 aromatic heterocycles. The summed E-state index contributed by atoms with van der Waals surface area (Å²) in [5.74, 6) is -0.0545. The molecule has 0 aliphatic heterocycles. The van der Waals surface area contributed by atoms with Crippen LogP contribution >= 0.6 is 0 Å². The molecule has 3 N–H and O–H groups in total. The van der Waals surface area contributed by atoms with Crippen molar-refractivity contribution in [1.82, 2.24) is 5.32 Å². The summed E-state index contributed by atoms with van der Waals surface area (Å²) < 4.78 is 5.46. The fourth-order valence-electron chi connectivity index (χ4n) is 9.85. The van der Waals surface area contributed by atoms with Gasteiger partial charge in [-0.1, -0.05) is 308 Å². The smallest absolute Gasteiger partial charge is 0.305 e. The van der Waals surface area contributed by atoms with E-state index in [4.69, 9.17) is 4.74 Å². The van der Waals surface area contributed by atoms with Crippen LogP contribution in [0.4, 0.5) is 0 Å². The molecule has 0 aliphatic rings. The second-order valence-electron chi connectivity index (χ2n) is 21.7. The molecule has 0 aromatic carbocycles. The predicted octanol–water partition coefficient (Wildman–Crippen LogP) is 19.8. The first-order valence-electron chi connectivity index (χ1n) is 31.6. The van der Waals surface area contributed by atoms with Crippen LogP contribution in [0, 0.1) is 0 Å². The highest BCUT2D eigenvalue weighted by Crippen LogP contribution is 2.18. The average molecular weight is 987 g/mol. The Morgan fingerprint density at radius 2 is 0.686 bits per heavy atom. The van der Waals surface area contributed by atoms with Gasteiger partial charge in [0.2, 0.25) is 5.91 Å². The summed E-state index contributed by atoms with van der Waals surface area (Å²) in [5.41, 5.74) is 0. The van der Waals surface area contributed by atoms with Crippen LogP contribution in [0.15, 0.2) is 24.3 Å². The van der Waals surface area contributed by atoms with Crippen molar-refractivity contribution < 1.29 is 24.5 Å². The van der Waals surface area contributed by atoms with Gasteiger partial charge in [-0.3, -0.25) is 9.59 Å². The lowest BCUT2D eigenvalue weighted by Crippen LogP contribution is -2.45. The number of allylic oxidation sites excluding steroid dienone is 3. The van der Waals surface area contributed by atoms with E-state index < -0.39 is 12.1 Å². The number of carbonyl (C=O) groups is 2. The monoisotopic (exact) mass is 986 g/mol. The Bertz CT molecular complexity index is 1090. The zero-order valence-corrected chi connectivity index (χ0v) is 47.3. The molecule has 0 radical (unpaired) electrons. The van der Waals surface area contributed by atoms with Crippen LogP contribution in [0.1, 0.15) is 348 Å². The van der Waals surface area contributed by atoms with E-state index in [2.05, 4.69) is 31.3 Å². The molecule has 0 aromatic rings. The third kappa shape index (κ3) is 55.7. The van der Waals surface area contributed by atoms with Crippen molar-refractivity contribution in [2.45, 2.75) is 360 Å². The third-order valence-electron chi connectivity index (χ3n) is 14.7. The van der Waals surface area contributed by atoms with E-state index in [1.165, 1.54) is 276 Å². The summed E-state index contributed by atoms with van der Waals surface area (Å²) in [5, 5.41) is 23.0. The van der Waals surface area contributed by atoms with E-state index >= 15 is 0 Å². The zero-order valence-electron chi connectivity index (χ0n) is 47.3. The number of rotatable bonds is 59. The molecule has 414 valence electrons. The molecule has 6 heteroatoms. The van der Waals surface area contributed by atoms with Gasteiger partial charge >= 0.3 is 5.97 Å². The number of esters is 1. The van der Waals surface area contributed by atoms with Gasteiger partial charge in [0.1, 0.15) is 0 Å². The predicted molar refractivity (Wildman–Crippen MR) is 306 cm³/mol. The van der Waals surface area contributed by atoms with Crippen molar-refractivity contribution in [2.24, 2.45) is 0 Å². The largest absolute Gasteiger partial charge is 0.466 e. The van der Waals surface area contributed by atoms with Crippen molar-refractivity contribution in [3.8, 4) is 0 Å². The Labute approximate surface area is 437 Å². The Balaban J connectivity index is 3.29. The van der Waals surface area contributed by atoms with Gasteiger partial charge < -0.3 is 20.3 Å². The molecule has 2 atom stereocenters. The molecule has 0 fully saturated rings. The lowest BCUT2D eigenvalue weighted by atomic mass is 10.0. The molecular weight excluding hydrogens is 863 g/mol. The first kappa shape index (κ1) is 68.3. The quantitative estimate of drug-likeness (QED) is 0.0321. The van der Waals surface area contributed by atoms with Crippen LogP contribution in [0.5, 0.6) is 0 Å². The molecular formula is C64H123NO5. The molecule has 1 amide bonds. The summed E-state index contributed by atoms with van der Waals surface area (Å²) in [6, 6.07) is -0.621. The second kappa shape index (κ2) is 59.9. The first-order valence-corrected chi connectivity index (χ1v) is 31.6.